The van der Waals surface area contributed by atoms with Crippen LogP contribution in [-0.2, 0) is 0 Å². The Balaban J connectivity index is 2.24. The monoisotopic (exact) mass is 209 g/mol. The standard InChI is InChI=1S/C12H16FNO/c13-11-6-2-1-4-9(11)10-5-3-7-14-12(10)8-15/h1-2,4,6,10,12,14-15H,3,5,7-8H2. The van der Waals surface area contributed by atoms with Crippen molar-refractivity contribution in [3.63, 3.8) is 0 Å². The molecule has 2 unspecified atom stereocenters. The van der Waals surface area contributed by atoms with Gasteiger partial charge in [-0.15, -0.1) is 0 Å². The molecule has 0 spiro atoms. The highest BCUT2D eigenvalue weighted by Crippen LogP contribution is 2.29. The second-order valence-corrected chi connectivity index (χ2v) is 4.01. The third-order valence-corrected chi connectivity index (χ3v) is 3.09. The Hall–Kier alpha value is -0.930. The van der Waals surface area contributed by atoms with Crippen LogP contribution in [0.25, 0.3) is 0 Å². The normalized spacial score (nSPS) is 26.5. The molecule has 1 saturated heterocycles. The lowest BCUT2D eigenvalue weighted by Crippen LogP contribution is -2.42. The first kappa shape index (κ1) is 10.6. The number of nitrogens with one attached hydrogen (secondary N) is 1. The summed E-state index contributed by atoms with van der Waals surface area (Å²) in [5.41, 5.74) is 0.726. The molecule has 2 rings (SSSR count). The van der Waals surface area contributed by atoms with Gasteiger partial charge >= 0.3 is 0 Å². The van der Waals surface area contributed by atoms with E-state index in [4.69, 9.17) is 0 Å². The van der Waals surface area contributed by atoms with Gasteiger partial charge in [0.05, 0.1) is 6.61 Å². The van der Waals surface area contributed by atoms with Gasteiger partial charge in [-0.1, -0.05) is 18.2 Å². The molecule has 0 bridgehead atoms. The number of benzene rings is 1. The molecule has 2 nitrogen and oxygen atoms in total. The second kappa shape index (κ2) is 4.73. The first-order chi connectivity index (χ1) is 7.33. The third kappa shape index (κ3) is 2.19. The largest absolute Gasteiger partial charge is 0.395 e. The minimum atomic E-state index is -0.162. The topological polar surface area (TPSA) is 32.3 Å². The lowest BCUT2D eigenvalue weighted by atomic mass is 9.85. The molecule has 82 valence electrons. The van der Waals surface area contributed by atoms with Crippen molar-refractivity contribution >= 4 is 0 Å². The number of hydrogen-bond acceptors (Lipinski definition) is 2. The Morgan fingerprint density at radius 3 is 2.93 bits per heavy atom. The fourth-order valence-electron chi connectivity index (χ4n) is 2.29. The highest BCUT2D eigenvalue weighted by molar-refractivity contribution is 5.24. The summed E-state index contributed by atoms with van der Waals surface area (Å²) in [5, 5.41) is 12.5. The fourth-order valence-corrected chi connectivity index (χ4v) is 2.29. The molecular weight excluding hydrogens is 193 g/mol. The first-order valence-electron chi connectivity index (χ1n) is 5.41. The van der Waals surface area contributed by atoms with E-state index in [0.29, 0.717) is 0 Å². The van der Waals surface area contributed by atoms with Gasteiger partial charge in [0.2, 0.25) is 0 Å². The number of aliphatic hydroxyl groups excluding tert-OH is 1. The lowest BCUT2D eigenvalue weighted by molar-refractivity contribution is 0.200. The summed E-state index contributed by atoms with van der Waals surface area (Å²) in [6, 6.07) is 6.84. The van der Waals surface area contributed by atoms with Gasteiger partial charge in [0.15, 0.2) is 0 Å². The van der Waals surface area contributed by atoms with E-state index in [9.17, 15) is 9.50 Å². The molecule has 2 N–H and O–H groups in total. The van der Waals surface area contributed by atoms with Crippen LogP contribution in [0.3, 0.4) is 0 Å². The number of hydrogen-bond donors (Lipinski definition) is 2. The molecule has 0 radical (unpaired) electrons. The van der Waals surface area contributed by atoms with E-state index in [2.05, 4.69) is 5.32 Å². The SMILES string of the molecule is OCC1NCCCC1c1ccccc1F. The third-order valence-electron chi connectivity index (χ3n) is 3.09. The quantitative estimate of drug-likeness (QED) is 0.776. The van der Waals surface area contributed by atoms with Crippen molar-refractivity contribution in [2.45, 2.75) is 24.8 Å². The predicted octanol–water partition coefficient (Wildman–Crippen LogP) is 1.65. The zero-order valence-electron chi connectivity index (χ0n) is 8.62. The zero-order valence-corrected chi connectivity index (χ0v) is 8.62. The Kier molecular flexibility index (Phi) is 3.34. The number of rotatable bonds is 2. The van der Waals surface area contributed by atoms with Crippen molar-refractivity contribution < 1.29 is 9.50 Å². The molecule has 1 heterocycles. The van der Waals surface area contributed by atoms with Crippen LogP contribution in [0.1, 0.15) is 24.3 Å². The maximum atomic E-state index is 13.6. The Bertz CT molecular complexity index is 329. The van der Waals surface area contributed by atoms with E-state index in [-0.39, 0.29) is 24.4 Å². The van der Waals surface area contributed by atoms with Gasteiger partial charge in [-0.25, -0.2) is 4.39 Å². The second-order valence-electron chi connectivity index (χ2n) is 4.01. The maximum Gasteiger partial charge on any atom is 0.126 e. The average molecular weight is 209 g/mol. The zero-order chi connectivity index (χ0) is 10.7. The van der Waals surface area contributed by atoms with Gasteiger partial charge in [0.1, 0.15) is 5.82 Å². The van der Waals surface area contributed by atoms with E-state index in [1.54, 1.807) is 6.07 Å². The summed E-state index contributed by atoms with van der Waals surface area (Å²) in [4.78, 5) is 0. The van der Waals surface area contributed by atoms with E-state index < -0.39 is 0 Å². The van der Waals surface area contributed by atoms with Crippen LogP contribution in [0.15, 0.2) is 24.3 Å². The molecule has 1 aliphatic rings. The Morgan fingerprint density at radius 2 is 2.20 bits per heavy atom. The number of piperidine rings is 1. The number of halogens is 1. The molecule has 0 aromatic heterocycles. The molecule has 0 aliphatic carbocycles. The molecule has 0 saturated carbocycles. The minimum absolute atomic E-state index is 0.00403. The van der Waals surface area contributed by atoms with Crippen LogP contribution in [0.5, 0.6) is 0 Å². The molecule has 2 atom stereocenters. The molecule has 1 fully saturated rings. The van der Waals surface area contributed by atoms with Gasteiger partial charge in [-0.2, -0.15) is 0 Å². The smallest absolute Gasteiger partial charge is 0.126 e. The highest BCUT2D eigenvalue weighted by atomic mass is 19.1. The summed E-state index contributed by atoms with van der Waals surface area (Å²) in [7, 11) is 0. The summed E-state index contributed by atoms with van der Waals surface area (Å²) in [5.74, 6) is -0.0606. The van der Waals surface area contributed by atoms with Crippen LogP contribution in [-0.4, -0.2) is 24.3 Å². The van der Waals surface area contributed by atoms with Crippen molar-refractivity contribution in [3.8, 4) is 0 Å². The molecule has 0 amide bonds. The summed E-state index contributed by atoms with van der Waals surface area (Å²) in [6.45, 7) is 0.981. The van der Waals surface area contributed by atoms with Crippen LogP contribution in [0.4, 0.5) is 4.39 Å². The average Bonchev–Trinajstić information content (AvgIpc) is 2.30. The predicted molar refractivity (Wildman–Crippen MR) is 57.3 cm³/mol. The van der Waals surface area contributed by atoms with E-state index in [1.807, 2.05) is 12.1 Å². The fraction of sp³-hybridized carbons (Fsp3) is 0.500. The van der Waals surface area contributed by atoms with Gasteiger partial charge in [0, 0.05) is 12.0 Å². The molecule has 1 aliphatic heterocycles. The lowest BCUT2D eigenvalue weighted by Gasteiger charge is -2.31. The Labute approximate surface area is 89.1 Å². The molecule has 1 aromatic rings. The summed E-state index contributed by atoms with van der Waals surface area (Å²) >= 11 is 0. The molecule has 3 heteroatoms. The van der Waals surface area contributed by atoms with Gasteiger partial charge < -0.3 is 10.4 Å². The van der Waals surface area contributed by atoms with Gasteiger partial charge in [-0.05, 0) is 31.0 Å². The maximum absolute atomic E-state index is 13.6. The van der Waals surface area contributed by atoms with Crippen LogP contribution in [0.2, 0.25) is 0 Å². The summed E-state index contributed by atoms with van der Waals surface area (Å²) < 4.78 is 13.6. The summed E-state index contributed by atoms with van der Waals surface area (Å²) in [6.07, 6.45) is 1.98. The van der Waals surface area contributed by atoms with E-state index in [0.717, 1.165) is 24.9 Å². The van der Waals surface area contributed by atoms with Crippen molar-refractivity contribution in [1.29, 1.82) is 0 Å². The van der Waals surface area contributed by atoms with E-state index in [1.165, 1.54) is 6.07 Å². The van der Waals surface area contributed by atoms with Gasteiger partial charge in [-0.3, -0.25) is 0 Å². The van der Waals surface area contributed by atoms with Crippen molar-refractivity contribution in [3.05, 3.63) is 35.6 Å². The van der Waals surface area contributed by atoms with Gasteiger partial charge in [0.25, 0.3) is 0 Å². The van der Waals surface area contributed by atoms with Crippen molar-refractivity contribution in [2.75, 3.05) is 13.2 Å². The van der Waals surface area contributed by atoms with Crippen LogP contribution < -0.4 is 5.32 Å². The van der Waals surface area contributed by atoms with Crippen molar-refractivity contribution in [2.24, 2.45) is 0 Å². The highest BCUT2D eigenvalue weighted by Gasteiger charge is 2.27. The minimum Gasteiger partial charge on any atom is -0.395 e. The first-order valence-corrected chi connectivity index (χ1v) is 5.41. The van der Waals surface area contributed by atoms with Crippen LogP contribution in [0, 0.1) is 5.82 Å². The molecule has 15 heavy (non-hydrogen) atoms. The van der Waals surface area contributed by atoms with Crippen molar-refractivity contribution in [1.82, 2.24) is 5.32 Å². The number of aliphatic hydroxyl groups is 1. The molecular formula is C12H16FNO. The molecule has 1 aromatic carbocycles. The Morgan fingerprint density at radius 1 is 1.40 bits per heavy atom. The van der Waals surface area contributed by atoms with E-state index >= 15 is 0 Å². The van der Waals surface area contributed by atoms with Crippen LogP contribution >= 0.6 is 0 Å².